The van der Waals surface area contributed by atoms with E-state index in [0.29, 0.717) is 5.92 Å². The van der Waals surface area contributed by atoms with E-state index in [-0.39, 0.29) is 0 Å². The van der Waals surface area contributed by atoms with Gasteiger partial charge in [-0.05, 0) is 53.6 Å². The maximum atomic E-state index is 2.47. The quantitative estimate of drug-likeness (QED) is 0.483. The van der Waals surface area contributed by atoms with E-state index in [4.69, 9.17) is 0 Å². The number of benzene rings is 3. The fourth-order valence-electron chi connectivity index (χ4n) is 4.81. The Balaban J connectivity index is 1.82. The molecule has 0 N–H and O–H groups in total. The molecule has 3 aromatic rings. The monoisotopic (exact) mass is 372 g/mol. The molecule has 138 valence electrons. The Morgan fingerprint density at radius 2 is 1.30 bits per heavy atom. The van der Waals surface area contributed by atoms with Crippen molar-refractivity contribution in [3.8, 4) is 0 Å². The number of hydrogen-bond acceptors (Lipinski definition) is 0. The minimum atomic E-state index is -0.528. The van der Waals surface area contributed by atoms with E-state index in [2.05, 4.69) is 98.8 Å². The van der Waals surface area contributed by atoms with Crippen molar-refractivity contribution >= 4 is 23.8 Å². The standard InChI is InChI=1S/C26H29P/c1-20-12-11-18-24(20)21(2)25-17-9-10-19-26(25)27(22-13-5-3-6-14-22)23-15-7-4-8-16-23/h3-10,13-17,19-21,24H,11-12,18H2,1-2H3/t20?,21-,24?/m0/s1. The molecule has 0 saturated heterocycles. The summed E-state index contributed by atoms with van der Waals surface area (Å²) < 4.78 is 0. The van der Waals surface area contributed by atoms with Crippen molar-refractivity contribution in [1.82, 2.24) is 0 Å². The van der Waals surface area contributed by atoms with Gasteiger partial charge in [0, 0.05) is 0 Å². The summed E-state index contributed by atoms with van der Waals surface area (Å²) in [7, 11) is -0.528. The summed E-state index contributed by atoms with van der Waals surface area (Å²) in [6.45, 7) is 4.92. The molecule has 3 aromatic carbocycles. The zero-order valence-corrected chi connectivity index (χ0v) is 17.3. The van der Waals surface area contributed by atoms with Crippen LogP contribution in [0.15, 0.2) is 84.9 Å². The van der Waals surface area contributed by atoms with Crippen LogP contribution in [0.3, 0.4) is 0 Å². The van der Waals surface area contributed by atoms with Crippen LogP contribution in [0.2, 0.25) is 0 Å². The molecule has 0 radical (unpaired) electrons. The van der Waals surface area contributed by atoms with Crippen molar-refractivity contribution in [2.45, 2.75) is 39.0 Å². The molecule has 1 fully saturated rings. The van der Waals surface area contributed by atoms with Gasteiger partial charge in [-0.15, -0.1) is 0 Å². The average molecular weight is 372 g/mol. The zero-order valence-electron chi connectivity index (χ0n) is 16.4. The highest BCUT2D eigenvalue weighted by atomic mass is 31.1. The van der Waals surface area contributed by atoms with Crippen LogP contribution in [0.5, 0.6) is 0 Å². The van der Waals surface area contributed by atoms with Crippen LogP contribution in [0, 0.1) is 11.8 Å². The lowest BCUT2D eigenvalue weighted by Gasteiger charge is -2.29. The SMILES string of the molecule is CC1CCCC1[C@H](C)c1ccccc1P(c1ccccc1)c1ccccc1. The third-order valence-corrected chi connectivity index (χ3v) is 8.79. The van der Waals surface area contributed by atoms with Gasteiger partial charge >= 0.3 is 0 Å². The lowest BCUT2D eigenvalue weighted by Crippen LogP contribution is -2.26. The van der Waals surface area contributed by atoms with Gasteiger partial charge in [-0.25, -0.2) is 0 Å². The second kappa shape index (κ2) is 8.41. The van der Waals surface area contributed by atoms with Crippen molar-refractivity contribution in [1.29, 1.82) is 0 Å². The van der Waals surface area contributed by atoms with Gasteiger partial charge < -0.3 is 0 Å². The smallest absolute Gasteiger partial charge is 0.0116 e. The van der Waals surface area contributed by atoms with Gasteiger partial charge in [-0.1, -0.05) is 112 Å². The summed E-state index contributed by atoms with van der Waals surface area (Å²) in [5, 5.41) is 4.42. The predicted octanol–water partition coefficient (Wildman–Crippen LogP) is 5.98. The molecule has 0 bridgehead atoms. The molecule has 1 aliphatic carbocycles. The van der Waals surface area contributed by atoms with Crippen LogP contribution in [-0.2, 0) is 0 Å². The largest absolute Gasteiger partial charge is 0.0622 e. The van der Waals surface area contributed by atoms with Gasteiger partial charge in [0.25, 0.3) is 0 Å². The fraction of sp³-hybridized carbons (Fsp3) is 0.308. The van der Waals surface area contributed by atoms with Crippen molar-refractivity contribution in [3.63, 3.8) is 0 Å². The Labute approximate surface area is 165 Å². The summed E-state index contributed by atoms with van der Waals surface area (Å²) in [6.07, 6.45) is 4.17. The first-order chi connectivity index (χ1) is 13.3. The third-order valence-electron chi connectivity index (χ3n) is 6.27. The summed E-state index contributed by atoms with van der Waals surface area (Å²) in [6, 6.07) is 31.4. The van der Waals surface area contributed by atoms with E-state index >= 15 is 0 Å². The van der Waals surface area contributed by atoms with Crippen LogP contribution < -0.4 is 15.9 Å². The Hall–Kier alpha value is -1.91. The first-order valence-corrected chi connectivity index (χ1v) is 11.6. The van der Waals surface area contributed by atoms with E-state index in [0.717, 1.165) is 11.8 Å². The van der Waals surface area contributed by atoms with Crippen molar-refractivity contribution < 1.29 is 0 Å². The van der Waals surface area contributed by atoms with Crippen LogP contribution in [-0.4, -0.2) is 0 Å². The highest BCUT2D eigenvalue weighted by Gasteiger charge is 2.31. The van der Waals surface area contributed by atoms with E-state index in [9.17, 15) is 0 Å². The maximum absolute atomic E-state index is 2.47. The van der Waals surface area contributed by atoms with E-state index in [1.54, 1.807) is 5.56 Å². The van der Waals surface area contributed by atoms with Crippen LogP contribution in [0.1, 0.15) is 44.6 Å². The zero-order chi connectivity index (χ0) is 18.6. The topological polar surface area (TPSA) is 0 Å². The Kier molecular flexibility index (Phi) is 5.74. The highest BCUT2D eigenvalue weighted by molar-refractivity contribution is 7.79. The first kappa shape index (κ1) is 18.5. The van der Waals surface area contributed by atoms with Gasteiger partial charge in [0.05, 0.1) is 0 Å². The van der Waals surface area contributed by atoms with E-state index < -0.39 is 7.92 Å². The molecular formula is C26H29P. The normalized spacial score (nSPS) is 20.7. The molecule has 0 heterocycles. The number of hydrogen-bond donors (Lipinski definition) is 0. The Bertz CT molecular complexity index is 816. The maximum Gasteiger partial charge on any atom is -0.0116 e. The molecule has 4 rings (SSSR count). The summed E-state index contributed by atoms with van der Waals surface area (Å²) >= 11 is 0. The van der Waals surface area contributed by atoms with E-state index in [1.165, 1.54) is 35.2 Å². The number of rotatable bonds is 5. The minimum absolute atomic E-state index is 0.528. The lowest BCUT2D eigenvalue weighted by molar-refractivity contribution is 0.362. The Morgan fingerprint density at radius 1 is 0.741 bits per heavy atom. The predicted molar refractivity (Wildman–Crippen MR) is 120 cm³/mol. The van der Waals surface area contributed by atoms with Gasteiger partial charge in [0.15, 0.2) is 0 Å². The molecular weight excluding hydrogens is 343 g/mol. The summed E-state index contributed by atoms with van der Waals surface area (Å²) in [4.78, 5) is 0. The van der Waals surface area contributed by atoms with Crippen LogP contribution >= 0.6 is 7.92 Å². The van der Waals surface area contributed by atoms with Crippen LogP contribution in [0.4, 0.5) is 0 Å². The molecule has 1 aliphatic rings. The molecule has 0 spiro atoms. The molecule has 0 amide bonds. The molecule has 3 atom stereocenters. The average Bonchev–Trinajstić information content (AvgIpc) is 3.16. The van der Waals surface area contributed by atoms with E-state index in [1.807, 2.05) is 0 Å². The molecule has 0 nitrogen and oxygen atoms in total. The molecule has 0 aromatic heterocycles. The minimum Gasteiger partial charge on any atom is -0.0622 e. The van der Waals surface area contributed by atoms with Crippen molar-refractivity contribution in [2.24, 2.45) is 11.8 Å². The van der Waals surface area contributed by atoms with Crippen molar-refractivity contribution in [2.75, 3.05) is 0 Å². The van der Waals surface area contributed by atoms with Gasteiger partial charge in [0.1, 0.15) is 0 Å². The molecule has 1 heteroatoms. The molecule has 1 saturated carbocycles. The molecule has 27 heavy (non-hydrogen) atoms. The second-order valence-corrected chi connectivity index (χ2v) is 10.1. The second-order valence-electron chi connectivity index (χ2n) is 7.93. The molecule has 0 aliphatic heterocycles. The van der Waals surface area contributed by atoms with Gasteiger partial charge in [0.2, 0.25) is 0 Å². The van der Waals surface area contributed by atoms with Crippen LogP contribution in [0.25, 0.3) is 0 Å². The molecule has 2 unspecified atom stereocenters. The first-order valence-electron chi connectivity index (χ1n) is 10.2. The van der Waals surface area contributed by atoms with Crippen molar-refractivity contribution in [3.05, 3.63) is 90.5 Å². The fourth-order valence-corrected chi connectivity index (χ4v) is 7.37. The van der Waals surface area contributed by atoms with Gasteiger partial charge in [-0.2, -0.15) is 0 Å². The summed E-state index contributed by atoms with van der Waals surface area (Å²) in [5.41, 5.74) is 1.56. The van der Waals surface area contributed by atoms with Gasteiger partial charge in [-0.3, -0.25) is 0 Å². The lowest BCUT2D eigenvalue weighted by atomic mass is 9.81. The Morgan fingerprint density at radius 3 is 1.85 bits per heavy atom. The third kappa shape index (κ3) is 3.87. The highest BCUT2D eigenvalue weighted by Crippen LogP contribution is 2.43. The summed E-state index contributed by atoms with van der Waals surface area (Å²) in [5.74, 6) is 2.28.